The first-order valence-electron chi connectivity index (χ1n) is 6.80. The summed E-state index contributed by atoms with van der Waals surface area (Å²) in [4.78, 5) is 13.8. The number of para-hydroxylation sites is 2. The van der Waals surface area contributed by atoms with Crippen molar-refractivity contribution < 1.29 is 14.6 Å². The van der Waals surface area contributed by atoms with Gasteiger partial charge in [-0.25, -0.2) is 4.79 Å². The molecule has 0 atom stereocenters. The van der Waals surface area contributed by atoms with E-state index in [1.54, 1.807) is 55.6 Å². The van der Waals surface area contributed by atoms with E-state index in [0.717, 1.165) is 0 Å². The molecule has 1 aliphatic rings. The molecule has 1 aliphatic heterocycles. The van der Waals surface area contributed by atoms with Crippen molar-refractivity contribution in [3.63, 3.8) is 0 Å². The Hall–Kier alpha value is -2.84. The summed E-state index contributed by atoms with van der Waals surface area (Å²) in [7, 11) is 1.64. The topological polar surface area (TPSA) is 73.6 Å². The number of hydrogen-bond acceptors (Lipinski definition) is 4. The molecule has 3 rings (SSSR count). The predicted octanol–water partition coefficient (Wildman–Crippen LogP) is 2.58. The highest BCUT2D eigenvalue weighted by atomic mass is 16.5. The van der Waals surface area contributed by atoms with E-state index in [2.05, 4.69) is 0 Å². The fourth-order valence-corrected chi connectivity index (χ4v) is 3.00. The lowest BCUT2D eigenvalue weighted by Crippen LogP contribution is -2.52. The molecule has 110 valence electrons. The molecule has 0 amide bonds. The Morgan fingerprint density at radius 2 is 1.68 bits per heavy atom. The van der Waals surface area contributed by atoms with Crippen molar-refractivity contribution >= 4 is 5.97 Å². The maximum Gasteiger partial charge on any atom is 0.333 e. The summed E-state index contributed by atoms with van der Waals surface area (Å²) in [5.74, 6) is -0.0461. The molecule has 0 unspecified atom stereocenters. The van der Waals surface area contributed by atoms with Crippen LogP contribution in [-0.2, 0) is 10.3 Å². The van der Waals surface area contributed by atoms with Crippen molar-refractivity contribution in [2.45, 2.75) is 5.54 Å². The minimum absolute atomic E-state index is 0.0189. The van der Waals surface area contributed by atoms with Crippen LogP contribution < -0.4 is 4.74 Å². The minimum atomic E-state index is -1.44. The molecule has 0 bridgehead atoms. The third-order valence-electron chi connectivity index (χ3n) is 3.96. The number of rotatable bonds is 3. The first-order chi connectivity index (χ1) is 10.6. The molecule has 0 fully saturated rings. The summed E-state index contributed by atoms with van der Waals surface area (Å²) < 4.78 is 5.84. The van der Waals surface area contributed by atoms with E-state index in [0.29, 0.717) is 22.6 Å². The van der Waals surface area contributed by atoms with Gasteiger partial charge in [0.1, 0.15) is 11.5 Å². The van der Waals surface area contributed by atoms with Crippen LogP contribution in [0, 0.1) is 11.3 Å². The fourth-order valence-electron chi connectivity index (χ4n) is 3.00. The molecule has 1 heterocycles. The van der Waals surface area contributed by atoms with Crippen LogP contribution in [0.3, 0.4) is 0 Å². The Morgan fingerprint density at radius 3 is 2.14 bits per heavy atom. The molecule has 0 saturated carbocycles. The average Bonchev–Trinajstić information content (AvgIpc) is 2.52. The summed E-state index contributed by atoms with van der Waals surface area (Å²) >= 11 is 0. The lowest BCUT2D eigenvalue weighted by atomic mass is 9.78. The molecule has 5 heteroatoms. The third-order valence-corrected chi connectivity index (χ3v) is 3.96. The second-order valence-electron chi connectivity index (χ2n) is 5.12. The van der Waals surface area contributed by atoms with E-state index >= 15 is 0 Å². The zero-order valence-corrected chi connectivity index (χ0v) is 12.0. The summed E-state index contributed by atoms with van der Waals surface area (Å²) in [5, 5.41) is 19.1. The smallest absolute Gasteiger partial charge is 0.333 e. The highest BCUT2D eigenvalue weighted by Crippen LogP contribution is 2.49. The van der Waals surface area contributed by atoms with Gasteiger partial charge in [0.15, 0.2) is 5.54 Å². The molecular formula is C17H14N2O3. The second-order valence-corrected chi connectivity index (χ2v) is 5.12. The zero-order valence-electron chi connectivity index (χ0n) is 12.0. The van der Waals surface area contributed by atoms with Crippen molar-refractivity contribution in [1.29, 1.82) is 5.26 Å². The number of carboxylic acid groups (broad SMARTS) is 1. The molecule has 0 aromatic heterocycles. The lowest BCUT2D eigenvalue weighted by Gasteiger charge is -2.42. The third kappa shape index (κ3) is 1.78. The Kier molecular flexibility index (Phi) is 3.32. The van der Waals surface area contributed by atoms with Gasteiger partial charge in [0, 0.05) is 11.1 Å². The number of nitrogens with zero attached hydrogens (tertiary/aromatic N) is 2. The molecule has 0 aliphatic carbocycles. The molecule has 1 N–H and O–H groups in total. The highest BCUT2D eigenvalue weighted by molar-refractivity contribution is 5.88. The molecule has 22 heavy (non-hydrogen) atoms. The van der Waals surface area contributed by atoms with E-state index in [1.165, 1.54) is 4.90 Å². The monoisotopic (exact) mass is 294 g/mol. The molecule has 2 aromatic carbocycles. The van der Waals surface area contributed by atoms with Gasteiger partial charge in [0.2, 0.25) is 0 Å². The van der Waals surface area contributed by atoms with Crippen LogP contribution in [0.4, 0.5) is 0 Å². The molecule has 0 radical (unpaired) electrons. The Labute approximate surface area is 128 Å². The number of carbonyl (C=O) groups is 1. The molecule has 5 nitrogen and oxygen atoms in total. The van der Waals surface area contributed by atoms with E-state index in [-0.39, 0.29) is 6.54 Å². The van der Waals surface area contributed by atoms with Gasteiger partial charge in [-0.3, -0.25) is 4.90 Å². The minimum Gasteiger partial charge on any atom is -0.479 e. The lowest BCUT2D eigenvalue weighted by molar-refractivity contribution is -0.148. The van der Waals surface area contributed by atoms with Gasteiger partial charge in [-0.1, -0.05) is 36.4 Å². The van der Waals surface area contributed by atoms with Gasteiger partial charge in [-0.05, 0) is 19.2 Å². The highest BCUT2D eigenvalue weighted by Gasteiger charge is 2.51. The molecule has 0 saturated heterocycles. The molecule has 0 spiro atoms. The summed E-state index contributed by atoms with van der Waals surface area (Å²) in [5.41, 5.74) is -0.390. The van der Waals surface area contributed by atoms with Crippen LogP contribution in [0.2, 0.25) is 0 Å². The van der Waals surface area contributed by atoms with Gasteiger partial charge in [0.05, 0.1) is 12.6 Å². The van der Waals surface area contributed by atoms with Gasteiger partial charge in [-0.15, -0.1) is 0 Å². The van der Waals surface area contributed by atoms with Crippen molar-refractivity contribution in [3.05, 3.63) is 59.7 Å². The van der Waals surface area contributed by atoms with Crippen LogP contribution >= 0.6 is 0 Å². The number of fused-ring (bicyclic) bond motifs is 2. The number of hydrogen-bond donors (Lipinski definition) is 1. The van der Waals surface area contributed by atoms with Crippen LogP contribution in [0.15, 0.2) is 48.5 Å². The van der Waals surface area contributed by atoms with Crippen molar-refractivity contribution in [3.8, 4) is 17.6 Å². The maximum atomic E-state index is 12.3. The van der Waals surface area contributed by atoms with E-state index in [9.17, 15) is 9.90 Å². The number of nitriles is 1. The fraction of sp³-hybridized carbons (Fsp3) is 0.176. The van der Waals surface area contributed by atoms with Gasteiger partial charge in [-0.2, -0.15) is 5.26 Å². The summed E-state index contributed by atoms with van der Waals surface area (Å²) in [6, 6.07) is 16.1. The van der Waals surface area contributed by atoms with Crippen LogP contribution in [-0.4, -0.2) is 29.6 Å². The summed E-state index contributed by atoms with van der Waals surface area (Å²) in [6.07, 6.45) is 0. The van der Waals surface area contributed by atoms with Crippen LogP contribution in [0.1, 0.15) is 11.1 Å². The summed E-state index contributed by atoms with van der Waals surface area (Å²) in [6.45, 7) is -0.0189. The van der Waals surface area contributed by atoms with Crippen molar-refractivity contribution in [2.24, 2.45) is 0 Å². The number of ether oxygens (including phenoxy) is 1. The Bertz CT molecular complexity index is 734. The first kappa shape index (κ1) is 14.1. The number of benzene rings is 2. The SMILES string of the molecule is CN(CC#N)C1(C(=O)O)c2ccccc2Oc2ccccc21. The van der Waals surface area contributed by atoms with Crippen molar-refractivity contribution in [1.82, 2.24) is 4.90 Å². The zero-order chi connectivity index (χ0) is 15.7. The van der Waals surface area contributed by atoms with Gasteiger partial charge < -0.3 is 9.84 Å². The largest absolute Gasteiger partial charge is 0.479 e. The predicted molar refractivity (Wildman–Crippen MR) is 79.6 cm³/mol. The quantitative estimate of drug-likeness (QED) is 0.881. The Morgan fingerprint density at radius 1 is 1.18 bits per heavy atom. The average molecular weight is 294 g/mol. The second kappa shape index (κ2) is 5.17. The normalized spacial score (nSPS) is 14.4. The number of aliphatic carboxylic acids is 1. The van der Waals surface area contributed by atoms with E-state index in [1.807, 2.05) is 6.07 Å². The van der Waals surface area contributed by atoms with Gasteiger partial charge >= 0.3 is 5.97 Å². The van der Waals surface area contributed by atoms with Crippen LogP contribution in [0.5, 0.6) is 11.5 Å². The number of likely N-dealkylation sites (N-methyl/N-ethyl adjacent to an activating group) is 1. The van der Waals surface area contributed by atoms with Crippen molar-refractivity contribution in [2.75, 3.05) is 13.6 Å². The first-order valence-corrected chi connectivity index (χ1v) is 6.80. The van der Waals surface area contributed by atoms with Crippen LogP contribution in [0.25, 0.3) is 0 Å². The van der Waals surface area contributed by atoms with E-state index in [4.69, 9.17) is 10.00 Å². The Balaban J connectivity index is 2.37. The van der Waals surface area contributed by atoms with Gasteiger partial charge in [0.25, 0.3) is 0 Å². The number of carboxylic acids is 1. The van der Waals surface area contributed by atoms with E-state index < -0.39 is 11.5 Å². The molecular weight excluding hydrogens is 280 g/mol. The maximum absolute atomic E-state index is 12.3. The molecule has 2 aromatic rings. The standard InChI is InChI=1S/C17H14N2O3/c1-19(11-10-18)17(16(20)21)12-6-2-4-8-14(12)22-15-9-5-3-7-13(15)17/h2-9H,11H2,1H3,(H,20,21).